The van der Waals surface area contributed by atoms with Crippen molar-refractivity contribution in [1.29, 1.82) is 0 Å². The number of hydrogen-bond donors (Lipinski definition) is 0. The first-order chi connectivity index (χ1) is 13.1. The summed E-state index contributed by atoms with van der Waals surface area (Å²) in [4.78, 5) is 15.2. The zero-order valence-corrected chi connectivity index (χ0v) is 17.7. The zero-order valence-electron chi connectivity index (χ0n) is 17.0. The highest BCUT2D eigenvalue weighted by atomic mass is 35.5. The lowest BCUT2D eigenvalue weighted by molar-refractivity contribution is -0.136. The Morgan fingerprint density at radius 3 is 2.63 bits per heavy atom. The molecule has 0 spiro atoms. The molecule has 27 heavy (non-hydrogen) atoms. The van der Waals surface area contributed by atoms with Crippen LogP contribution in [-0.4, -0.2) is 21.9 Å². The number of unbranched alkanes of at least 4 members (excludes halogenated alkanes) is 1. The molecule has 0 N–H and O–H groups in total. The van der Waals surface area contributed by atoms with Crippen molar-refractivity contribution in [3.63, 3.8) is 0 Å². The Hall–Kier alpha value is -1.74. The summed E-state index contributed by atoms with van der Waals surface area (Å²) >= 11 is 6.12. The highest BCUT2D eigenvalue weighted by Crippen LogP contribution is 2.19. The first-order valence-corrected chi connectivity index (χ1v) is 10.6. The van der Waals surface area contributed by atoms with Crippen LogP contribution in [0.3, 0.4) is 0 Å². The molecule has 0 bridgehead atoms. The highest BCUT2D eigenvalue weighted by Gasteiger charge is 2.23. The maximum atomic E-state index is 13.1. The van der Waals surface area contributed by atoms with Crippen LogP contribution in [0.15, 0.2) is 42.6 Å². The van der Waals surface area contributed by atoms with E-state index < -0.39 is 0 Å². The number of carbonyl (C=O) groups excluding carboxylic acids is 1. The molecule has 0 saturated heterocycles. The molecule has 0 aliphatic rings. The second-order valence-electron chi connectivity index (χ2n) is 7.26. The van der Waals surface area contributed by atoms with Crippen LogP contribution in [-0.2, 0) is 17.9 Å². The molecule has 1 aromatic carbocycles. The Balaban J connectivity index is 2.12. The van der Waals surface area contributed by atoms with Gasteiger partial charge in [-0.25, -0.2) is 0 Å². The normalized spacial score (nSPS) is 12.1. The summed E-state index contributed by atoms with van der Waals surface area (Å²) in [6.07, 6.45) is 7.23. The van der Waals surface area contributed by atoms with Gasteiger partial charge in [0, 0.05) is 35.9 Å². The van der Waals surface area contributed by atoms with Crippen molar-refractivity contribution in [2.75, 3.05) is 6.54 Å². The van der Waals surface area contributed by atoms with Crippen molar-refractivity contribution < 1.29 is 4.79 Å². The Bertz CT molecular complexity index is 710. The zero-order chi connectivity index (χ0) is 19.6. The van der Waals surface area contributed by atoms with E-state index in [1.54, 1.807) is 0 Å². The smallest absolute Gasteiger partial charge is 0.226 e. The molecule has 0 radical (unpaired) electrons. The predicted octanol–water partition coefficient (Wildman–Crippen LogP) is 6.14. The lowest BCUT2D eigenvalue weighted by atomic mass is 9.97. The van der Waals surface area contributed by atoms with Gasteiger partial charge in [0.15, 0.2) is 0 Å². The second kappa shape index (κ2) is 11.2. The van der Waals surface area contributed by atoms with Crippen molar-refractivity contribution >= 4 is 17.5 Å². The van der Waals surface area contributed by atoms with Crippen LogP contribution in [0.5, 0.6) is 0 Å². The molecular formula is C23H33ClN2O. The fourth-order valence-electron chi connectivity index (χ4n) is 3.52. The monoisotopic (exact) mass is 388 g/mol. The molecule has 2 rings (SSSR count). The summed E-state index contributed by atoms with van der Waals surface area (Å²) in [6.45, 7) is 8.70. The van der Waals surface area contributed by atoms with E-state index in [0.717, 1.165) is 50.2 Å². The minimum absolute atomic E-state index is 0.146. The maximum absolute atomic E-state index is 13.1. The van der Waals surface area contributed by atoms with Crippen LogP contribution in [0.2, 0.25) is 5.02 Å². The van der Waals surface area contributed by atoms with Gasteiger partial charge >= 0.3 is 0 Å². The minimum Gasteiger partial charge on any atom is -0.345 e. The molecule has 0 saturated carbocycles. The lowest BCUT2D eigenvalue weighted by Crippen LogP contribution is -2.36. The third-order valence-corrected chi connectivity index (χ3v) is 5.31. The second-order valence-corrected chi connectivity index (χ2v) is 7.70. The van der Waals surface area contributed by atoms with Gasteiger partial charge in [0.2, 0.25) is 5.91 Å². The molecule has 3 nitrogen and oxygen atoms in total. The van der Waals surface area contributed by atoms with Crippen LogP contribution in [0.4, 0.5) is 0 Å². The maximum Gasteiger partial charge on any atom is 0.226 e. The lowest BCUT2D eigenvalue weighted by Gasteiger charge is -2.27. The van der Waals surface area contributed by atoms with Crippen molar-refractivity contribution in [2.45, 2.75) is 66.0 Å². The summed E-state index contributed by atoms with van der Waals surface area (Å²) in [6, 6.07) is 12.1. The number of hydrogen-bond acceptors (Lipinski definition) is 1. The van der Waals surface area contributed by atoms with Crippen molar-refractivity contribution in [3.8, 4) is 0 Å². The molecule has 4 heteroatoms. The number of rotatable bonds is 11. The van der Waals surface area contributed by atoms with Crippen molar-refractivity contribution in [3.05, 3.63) is 58.9 Å². The van der Waals surface area contributed by atoms with Gasteiger partial charge < -0.3 is 9.47 Å². The number of aromatic nitrogens is 1. The molecule has 0 aliphatic heterocycles. The van der Waals surface area contributed by atoms with Gasteiger partial charge in [-0.05, 0) is 49.1 Å². The van der Waals surface area contributed by atoms with Crippen LogP contribution in [0, 0.1) is 5.92 Å². The summed E-state index contributed by atoms with van der Waals surface area (Å²) < 4.78 is 2.22. The summed E-state index contributed by atoms with van der Waals surface area (Å²) in [5, 5.41) is 0.755. The number of halogens is 1. The molecule has 2 aromatic rings. The predicted molar refractivity (Wildman–Crippen MR) is 114 cm³/mol. The van der Waals surface area contributed by atoms with E-state index in [1.807, 2.05) is 23.1 Å². The third kappa shape index (κ3) is 6.42. The van der Waals surface area contributed by atoms with E-state index in [2.05, 4.69) is 49.7 Å². The van der Waals surface area contributed by atoms with E-state index >= 15 is 0 Å². The van der Waals surface area contributed by atoms with Gasteiger partial charge in [0.05, 0.1) is 6.54 Å². The largest absolute Gasteiger partial charge is 0.345 e. The molecule has 1 atom stereocenters. The van der Waals surface area contributed by atoms with Crippen LogP contribution < -0.4 is 0 Å². The fraction of sp³-hybridized carbons (Fsp3) is 0.522. The van der Waals surface area contributed by atoms with Crippen molar-refractivity contribution in [2.24, 2.45) is 5.92 Å². The van der Waals surface area contributed by atoms with Crippen LogP contribution in [0.25, 0.3) is 0 Å². The first kappa shape index (κ1) is 21.6. The fourth-order valence-corrected chi connectivity index (χ4v) is 3.74. The number of benzene rings is 1. The minimum atomic E-state index is 0.146. The summed E-state index contributed by atoms with van der Waals surface area (Å²) in [5.74, 6) is 0.455. The topological polar surface area (TPSA) is 25.2 Å². The quantitative estimate of drug-likeness (QED) is 0.453. The van der Waals surface area contributed by atoms with Gasteiger partial charge in [-0.2, -0.15) is 0 Å². The van der Waals surface area contributed by atoms with E-state index in [1.165, 1.54) is 11.3 Å². The molecule has 0 fully saturated rings. The molecule has 1 amide bonds. The standard InChI is InChI=1S/C23H33ClN2O/c1-4-7-11-20(6-3)23(27)26(14-5-2)18-22-13-9-15-25(22)17-19-10-8-12-21(24)16-19/h8-10,12-13,15-16,20H,4-7,11,14,17-18H2,1-3H3/t20-/m1/s1. The summed E-state index contributed by atoms with van der Waals surface area (Å²) in [5.41, 5.74) is 2.34. The number of nitrogens with zero attached hydrogens (tertiary/aromatic N) is 2. The van der Waals surface area contributed by atoms with E-state index in [4.69, 9.17) is 11.6 Å². The van der Waals surface area contributed by atoms with E-state index in [0.29, 0.717) is 12.5 Å². The SMILES string of the molecule is CCCC[C@@H](CC)C(=O)N(CCC)Cc1cccn1Cc1cccc(Cl)c1. The van der Waals surface area contributed by atoms with Crippen LogP contribution in [0.1, 0.15) is 64.1 Å². The van der Waals surface area contributed by atoms with Gasteiger partial charge in [0.1, 0.15) is 0 Å². The molecule has 0 unspecified atom stereocenters. The number of amides is 1. The third-order valence-electron chi connectivity index (χ3n) is 5.07. The molecular weight excluding hydrogens is 356 g/mol. The molecule has 1 heterocycles. The summed E-state index contributed by atoms with van der Waals surface area (Å²) in [7, 11) is 0. The Morgan fingerprint density at radius 1 is 1.15 bits per heavy atom. The van der Waals surface area contributed by atoms with Crippen molar-refractivity contribution in [1.82, 2.24) is 9.47 Å². The average Bonchev–Trinajstić information content (AvgIpc) is 3.08. The number of carbonyl (C=O) groups is 1. The molecule has 1 aromatic heterocycles. The van der Waals surface area contributed by atoms with Gasteiger partial charge in [-0.1, -0.05) is 57.3 Å². The molecule has 0 aliphatic carbocycles. The van der Waals surface area contributed by atoms with E-state index in [9.17, 15) is 4.79 Å². The van der Waals surface area contributed by atoms with Gasteiger partial charge in [0.25, 0.3) is 0 Å². The Morgan fingerprint density at radius 2 is 1.96 bits per heavy atom. The average molecular weight is 389 g/mol. The Labute approximate surface area is 169 Å². The molecule has 148 valence electrons. The van der Waals surface area contributed by atoms with Gasteiger partial charge in [-0.15, -0.1) is 0 Å². The highest BCUT2D eigenvalue weighted by molar-refractivity contribution is 6.30. The van der Waals surface area contributed by atoms with Gasteiger partial charge in [-0.3, -0.25) is 4.79 Å². The van der Waals surface area contributed by atoms with Crippen LogP contribution >= 0.6 is 11.6 Å². The Kier molecular flexibility index (Phi) is 8.93. The van der Waals surface area contributed by atoms with E-state index in [-0.39, 0.29) is 5.92 Å². The first-order valence-electron chi connectivity index (χ1n) is 10.3.